The molecule has 130 valence electrons. The van der Waals surface area contributed by atoms with Crippen LogP contribution in [0, 0.1) is 0 Å². The molecule has 2 rings (SSSR count). The smallest absolute Gasteiger partial charge is 0.343 e. The fraction of sp³-hybridized carbons (Fsp3) is 0.400. The molecule has 24 heavy (non-hydrogen) atoms. The van der Waals surface area contributed by atoms with Crippen molar-refractivity contribution >= 4 is 35.0 Å². The Hall–Kier alpha value is -1.77. The molecular formula is C15H19ClN4O3S. The van der Waals surface area contributed by atoms with Gasteiger partial charge in [0.25, 0.3) is 0 Å². The Labute approximate surface area is 148 Å². The van der Waals surface area contributed by atoms with Crippen LogP contribution in [-0.2, 0) is 16.1 Å². The SMILES string of the molecule is COCCCn1c(SC(C)C(=O)Nc2ccccc2Cl)n[nH]c1=O. The van der Waals surface area contributed by atoms with Crippen LogP contribution in [0.3, 0.4) is 0 Å². The molecule has 2 N–H and O–H groups in total. The van der Waals surface area contributed by atoms with E-state index in [0.29, 0.717) is 35.4 Å². The average molecular weight is 371 g/mol. The minimum Gasteiger partial charge on any atom is -0.385 e. The van der Waals surface area contributed by atoms with E-state index in [-0.39, 0.29) is 11.6 Å². The molecule has 0 spiro atoms. The zero-order valence-electron chi connectivity index (χ0n) is 13.4. The molecule has 7 nitrogen and oxygen atoms in total. The number of H-pyrrole nitrogens is 1. The monoisotopic (exact) mass is 370 g/mol. The normalized spacial score (nSPS) is 12.1. The number of rotatable bonds is 8. The lowest BCUT2D eigenvalue weighted by Crippen LogP contribution is -2.24. The van der Waals surface area contributed by atoms with Gasteiger partial charge < -0.3 is 10.1 Å². The molecule has 1 atom stereocenters. The summed E-state index contributed by atoms with van der Waals surface area (Å²) in [6, 6.07) is 7.02. The number of amides is 1. The van der Waals surface area contributed by atoms with Gasteiger partial charge >= 0.3 is 5.69 Å². The number of nitrogens with zero attached hydrogens (tertiary/aromatic N) is 2. The molecule has 0 radical (unpaired) electrons. The number of aromatic nitrogens is 3. The molecule has 1 heterocycles. The molecule has 1 unspecified atom stereocenters. The Bertz CT molecular complexity index is 746. The number of anilines is 1. The summed E-state index contributed by atoms with van der Waals surface area (Å²) in [6.45, 7) is 2.77. The van der Waals surface area contributed by atoms with Gasteiger partial charge in [0.2, 0.25) is 5.91 Å². The van der Waals surface area contributed by atoms with E-state index >= 15 is 0 Å². The van der Waals surface area contributed by atoms with Crippen molar-refractivity contribution in [2.45, 2.75) is 30.3 Å². The Morgan fingerprint density at radius 1 is 1.50 bits per heavy atom. The largest absolute Gasteiger partial charge is 0.385 e. The van der Waals surface area contributed by atoms with Gasteiger partial charge in [0.05, 0.1) is 16.0 Å². The Morgan fingerprint density at radius 3 is 2.96 bits per heavy atom. The fourth-order valence-corrected chi connectivity index (χ4v) is 3.03. The summed E-state index contributed by atoms with van der Waals surface area (Å²) in [6.07, 6.45) is 0.684. The molecule has 1 aromatic heterocycles. The van der Waals surface area contributed by atoms with Crippen molar-refractivity contribution in [3.8, 4) is 0 Å². The Kier molecular flexibility index (Phi) is 6.89. The second-order valence-electron chi connectivity index (χ2n) is 5.04. The fourth-order valence-electron chi connectivity index (χ4n) is 1.97. The number of para-hydroxylation sites is 1. The quantitative estimate of drug-likeness (QED) is 0.550. The molecule has 0 bridgehead atoms. The molecule has 2 aromatic rings. The molecule has 0 aliphatic carbocycles. The number of methoxy groups -OCH3 is 1. The van der Waals surface area contributed by atoms with Crippen molar-refractivity contribution in [3.63, 3.8) is 0 Å². The molecule has 9 heteroatoms. The summed E-state index contributed by atoms with van der Waals surface area (Å²) in [5.74, 6) is -0.216. The summed E-state index contributed by atoms with van der Waals surface area (Å²) in [5.41, 5.74) is 0.253. The topological polar surface area (TPSA) is 89.0 Å². The maximum absolute atomic E-state index is 12.3. The van der Waals surface area contributed by atoms with Gasteiger partial charge in [-0.25, -0.2) is 9.89 Å². The lowest BCUT2D eigenvalue weighted by molar-refractivity contribution is -0.115. The highest BCUT2D eigenvalue weighted by molar-refractivity contribution is 8.00. The average Bonchev–Trinajstić information content (AvgIpc) is 2.90. The first-order valence-electron chi connectivity index (χ1n) is 7.39. The minimum atomic E-state index is -0.447. The molecule has 0 aliphatic heterocycles. The maximum Gasteiger partial charge on any atom is 0.343 e. The first kappa shape index (κ1) is 18.6. The van der Waals surface area contributed by atoms with Gasteiger partial charge in [-0.15, -0.1) is 5.10 Å². The van der Waals surface area contributed by atoms with Crippen LogP contribution in [0.2, 0.25) is 5.02 Å². The van der Waals surface area contributed by atoms with Gasteiger partial charge in [-0.3, -0.25) is 9.36 Å². The first-order valence-corrected chi connectivity index (χ1v) is 8.65. The number of halogens is 1. The van der Waals surface area contributed by atoms with Crippen LogP contribution in [0.25, 0.3) is 0 Å². The number of aromatic amines is 1. The summed E-state index contributed by atoms with van der Waals surface area (Å²) in [4.78, 5) is 24.1. The molecule has 0 saturated carbocycles. The van der Waals surface area contributed by atoms with Crippen LogP contribution in [0.5, 0.6) is 0 Å². The molecule has 0 saturated heterocycles. The maximum atomic E-state index is 12.3. The summed E-state index contributed by atoms with van der Waals surface area (Å²) >= 11 is 7.24. The Balaban J connectivity index is 2.01. The van der Waals surface area contributed by atoms with E-state index < -0.39 is 5.25 Å². The molecular weight excluding hydrogens is 352 g/mol. The standard InChI is InChI=1S/C15H19ClN4O3S/c1-10(13(21)17-12-7-4-3-6-11(12)16)24-15-19-18-14(22)20(15)8-5-9-23-2/h3-4,6-7,10H,5,8-9H2,1-2H3,(H,17,21)(H,18,22). The minimum absolute atomic E-state index is 0.216. The van der Waals surface area contributed by atoms with Crippen molar-refractivity contribution < 1.29 is 9.53 Å². The van der Waals surface area contributed by atoms with E-state index in [1.54, 1.807) is 38.3 Å². The van der Waals surface area contributed by atoms with Crippen LogP contribution in [-0.4, -0.2) is 39.6 Å². The van der Waals surface area contributed by atoms with Gasteiger partial charge in [0, 0.05) is 20.3 Å². The number of carbonyl (C=O) groups is 1. The molecule has 1 amide bonds. The van der Waals surface area contributed by atoms with E-state index in [1.807, 2.05) is 0 Å². The summed E-state index contributed by atoms with van der Waals surface area (Å²) in [7, 11) is 1.61. The highest BCUT2D eigenvalue weighted by Gasteiger charge is 2.19. The highest BCUT2D eigenvalue weighted by Crippen LogP contribution is 2.24. The van der Waals surface area contributed by atoms with Gasteiger partial charge in [0.1, 0.15) is 0 Å². The zero-order chi connectivity index (χ0) is 17.5. The zero-order valence-corrected chi connectivity index (χ0v) is 15.0. The second kappa shape index (κ2) is 8.91. The third-order valence-electron chi connectivity index (χ3n) is 3.24. The number of carbonyl (C=O) groups excluding carboxylic acids is 1. The number of benzene rings is 1. The number of hydrogen-bond donors (Lipinski definition) is 2. The van der Waals surface area contributed by atoms with Gasteiger partial charge in [-0.1, -0.05) is 35.5 Å². The number of thioether (sulfide) groups is 1. The van der Waals surface area contributed by atoms with Crippen LogP contribution in [0.1, 0.15) is 13.3 Å². The lowest BCUT2D eigenvalue weighted by Gasteiger charge is -2.13. The van der Waals surface area contributed by atoms with E-state index in [1.165, 1.54) is 16.3 Å². The van der Waals surface area contributed by atoms with E-state index in [9.17, 15) is 9.59 Å². The van der Waals surface area contributed by atoms with Crippen molar-refractivity contribution in [1.29, 1.82) is 0 Å². The predicted molar refractivity (Wildman–Crippen MR) is 94.7 cm³/mol. The first-order chi connectivity index (χ1) is 11.5. The molecule has 0 aliphatic rings. The lowest BCUT2D eigenvalue weighted by atomic mass is 10.3. The molecule has 0 fully saturated rings. The van der Waals surface area contributed by atoms with Gasteiger partial charge in [-0.2, -0.15) is 0 Å². The van der Waals surface area contributed by atoms with Crippen LogP contribution >= 0.6 is 23.4 Å². The number of ether oxygens (including phenoxy) is 1. The van der Waals surface area contributed by atoms with Crippen molar-refractivity contribution in [3.05, 3.63) is 39.8 Å². The van der Waals surface area contributed by atoms with Gasteiger partial charge in [0.15, 0.2) is 5.16 Å². The highest BCUT2D eigenvalue weighted by atomic mass is 35.5. The van der Waals surface area contributed by atoms with Crippen molar-refractivity contribution in [2.75, 3.05) is 19.0 Å². The third kappa shape index (κ3) is 4.86. The van der Waals surface area contributed by atoms with Crippen molar-refractivity contribution in [1.82, 2.24) is 14.8 Å². The predicted octanol–water partition coefficient (Wildman–Crippen LogP) is 2.38. The summed E-state index contributed by atoms with van der Waals surface area (Å²) in [5, 5.41) is 9.66. The third-order valence-corrected chi connectivity index (χ3v) is 4.66. The molecule has 1 aromatic carbocycles. The Morgan fingerprint density at radius 2 is 2.25 bits per heavy atom. The van der Waals surface area contributed by atoms with E-state index in [4.69, 9.17) is 16.3 Å². The second-order valence-corrected chi connectivity index (χ2v) is 6.75. The van der Waals surface area contributed by atoms with Crippen LogP contribution in [0.4, 0.5) is 5.69 Å². The van der Waals surface area contributed by atoms with Gasteiger partial charge in [-0.05, 0) is 25.5 Å². The van der Waals surface area contributed by atoms with Crippen molar-refractivity contribution in [2.24, 2.45) is 0 Å². The van der Waals surface area contributed by atoms with Crippen LogP contribution in [0.15, 0.2) is 34.2 Å². The number of nitrogens with one attached hydrogen (secondary N) is 2. The van der Waals surface area contributed by atoms with E-state index in [2.05, 4.69) is 15.5 Å². The van der Waals surface area contributed by atoms with E-state index in [0.717, 1.165) is 0 Å². The van der Waals surface area contributed by atoms with Crippen LogP contribution < -0.4 is 11.0 Å². The summed E-state index contributed by atoms with van der Waals surface area (Å²) < 4.78 is 6.49. The number of hydrogen-bond acceptors (Lipinski definition) is 5.